The smallest absolute Gasteiger partial charge is 0.338 e. The summed E-state index contributed by atoms with van der Waals surface area (Å²) >= 11 is 14.3. The van der Waals surface area contributed by atoms with Gasteiger partial charge in [-0.2, -0.15) is 0 Å². The van der Waals surface area contributed by atoms with Crippen LogP contribution in [-0.4, -0.2) is 69.8 Å². The van der Waals surface area contributed by atoms with E-state index in [0.29, 0.717) is 17.6 Å². The Balaban J connectivity index is 0.000000170. The van der Waals surface area contributed by atoms with Crippen molar-refractivity contribution in [2.45, 2.75) is 41.3 Å². The number of thiophene rings is 8. The first-order chi connectivity index (χ1) is 37.0. The third kappa shape index (κ3) is 12.6. The molecule has 77 heavy (non-hydrogen) atoms. The lowest BCUT2D eigenvalue weighted by molar-refractivity contribution is 0.0555. The van der Waals surface area contributed by atoms with E-state index in [1.807, 2.05) is 81.9 Å². The fourth-order valence-corrected chi connectivity index (χ4v) is 17.3. The van der Waals surface area contributed by atoms with E-state index >= 15 is 0 Å². The first-order valence-corrected chi connectivity index (χ1v) is 31.8. The van der Waals surface area contributed by atoms with Crippen LogP contribution in [0.15, 0.2) is 126 Å². The third-order valence-corrected chi connectivity index (χ3v) is 22.2. The molecule has 0 saturated heterocycles. The predicted molar refractivity (Wildman–Crippen MR) is 335 cm³/mol. The summed E-state index contributed by atoms with van der Waals surface area (Å²) in [6.07, 6.45) is 0.704. The molecule has 8 nitrogen and oxygen atoms in total. The van der Waals surface area contributed by atoms with Gasteiger partial charge in [-0.3, -0.25) is 14.3 Å². The van der Waals surface area contributed by atoms with Gasteiger partial charge in [-0.05, 0) is 148 Å². The zero-order valence-electron chi connectivity index (χ0n) is 43.9. The number of amides is 1. The van der Waals surface area contributed by atoms with Crippen molar-refractivity contribution in [2.24, 2.45) is 4.74 Å². The highest BCUT2D eigenvalue weighted by Gasteiger charge is 2.28. The lowest BCUT2D eigenvalue weighted by Gasteiger charge is -2.23. The Morgan fingerprint density at radius 1 is 0.481 bits per heavy atom. The van der Waals surface area contributed by atoms with Crippen LogP contribution in [0.5, 0.6) is 0 Å². The van der Waals surface area contributed by atoms with E-state index in [1.165, 1.54) is 102 Å². The number of hydrogen-bond acceptors (Lipinski definition) is 15. The summed E-state index contributed by atoms with van der Waals surface area (Å²) in [6, 6.07) is 41.4. The van der Waals surface area contributed by atoms with Crippen LogP contribution in [0.2, 0.25) is 13.6 Å². The summed E-state index contributed by atoms with van der Waals surface area (Å²) in [5, 5.41) is 0. The molecule has 0 fully saturated rings. The largest absolute Gasteiger partial charge is 0.465 e. The second kappa shape index (κ2) is 24.5. The van der Waals surface area contributed by atoms with Crippen LogP contribution in [0.1, 0.15) is 60.9 Å². The molecule has 18 heteroatoms. The van der Waals surface area contributed by atoms with Crippen molar-refractivity contribution < 1.29 is 28.7 Å². The molecule has 0 unspecified atom stereocenters. The number of aryl methyl sites for hydroxylation is 4. The third-order valence-electron chi connectivity index (χ3n) is 12.1. The molecule has 10 aromatic rings. The maximum Gasteiger partial charge on any atom is 0.338 e. The predicted octanol–water partition coefficient (Wildman–Crippen LogP) is 19.3. The first-order valence-electron chi connectivity index (χ1n) is 24.3. The molecular weight excluding hydrogens is 1130 g/mol. The number of carbonyl (C=O) groups excluding carboxylic acids is 4. The van der Waals surface area contributed by atoms with E-state index in [0.717, 1.165) is 25.8 Å². The Bertz CT molecular complexity index is 3720. The van der Waals surface area contributed by atoms with Gasteiger partial charge in [0.05, 0.1) is 47.2 Å². The molecule has 9 heterocycles. The van der Waals surface area contributed by atoms with Crippen molar-refractivity contribution in [2.75, 3.05) is 34.9 Å². The molecule has 1 aliphatic rings. The molecule has 2 aromatic carbocycles. The number of benzene rings is 2. The Kier molecular flexibility index (Phi) is 17.8. The number of nitrogens with zero attached hydrogens (tertiary/aromatic N) is 2. The number of hydrogen-bond donors (Lipinski definition) is 0. The van der Waals surface area contributed by atoms with Gasteiger partial charge in [0.25, 0.3) is 5.91 Å². The van der Waals surface area contributed by atoms with Crippen molar-refractivity contribution in [3.05, 3.63) is 163 Å². The zero-order valence-corrected chi connectivity index (χ0v) is 51.3. The number of esters is 2. The van der Waals surface area contributed by atoms with Crippen LogP contribution >= 0.6 is 98.9 Å². The first kappa shape index (κ1) is 56.0. The summed E-state index contributed by atoms with van der Waals surface area (Å²) < 4.78 is 13.6. The van der Waals surface area contributed by atoms with E-state index < -0.39 is 11.9 Å². The van der Waals surface area contributed by atoms with Crippen molar-refractivity contribution in [3.63, 3.8) is 0 Å². The maximum absolute atomic E-state index is 12.6. The van der Waals surface area contributed by atoms with Gasteiger partial charge in [-0.15, -0.1) is 90.7 Å². The van der Waals surface area contributed by atoms with E-state index in [4.69, 9.17) is 9.47 Å². The number of rotatable bonds is 11. The molecule has 0 saturated carbocycles. The van der Waals surface area contributed by atoms with E-state index in [2.05, 4.69) is 131 Å². The summed E-state index contributed by atoms with van der Waals surface area (Å²) in [7, 11) is 7.30. The molecule has 0 aliphatic carbocycles. The molecule has 8 aromatic heterocycles. The summed E-state index contributed by atoms with van der Waals surface area (Å²) in [4.78, 5) is 70.9. The van der Waals surface area contributed by atoms with Gasteiger partial charge in [-0.1, -0.05) is 34.0 Å². The Morgan fingerprint density at radius 3 is 1.34 bits per heavy atom. The molecule has 0 atom stereocenters. The highest BCUT2D eigenvalue weighted by molar-refractivity contribution is 7.68. The Hall–Kier alpha value is -5.72. The zero-order chi connectivity index (χ0) is 54.7. The SMILES string of the molecule is CN=PB(C)C.COC(=O)c1ccc(-c2ccc(-c3cc(-c4ccc(C)s4)c(-c4ccc(C)s4)s3)s2)cc1C(=O)OC.Cc1ccc(-c2cc(-c3ccc(-c4ccc5c(c4)C(=O)CN(C)C5=O)s3)sc2-c2ccc(C)s2)s1. The molecule has 1 amide bonds. The second-order valence-electron chi connectivity index (χ2n) is 18.2. The Labute approximate surface area is 483 Å². The number of ketones is 1. The van der Waals surface area contributed by atoms with Crippen LogP contribution in [-0.2, 0) is 9.47 Å². The number of likely N-dealkylation sites (N-methyl/N-ethyl adjacent to an activating group) is 1. The van der Waals surface area contributed by atoms with Crippen molar-refractivity contribution in [1.82, 2.24) is 4.90 Å². The molecule has 0 radical (unpaired) electrons. The average Bonchev–Trinajstić information content (AvgIpc) is 4.28. The average molecular weight is 1180 g/mol. The lowest BCUT2D eigenvalue weighted by atomic mass is 9.84. The van der Waals surface area contributed by atoms with Crippen LogP contribution in [0.25, 0.3) is 80.8 Å². The number of ether oxygens (including phenoxy) is 2. The normalized spacial score (nSPS) is 12.1. The molecule has 0 bridgehead atoms. The van der Waals surface area contributed by atoms with Crippen LogP contribution in [0, 0.1) is 27.7 Å². The fraction of sp³-hybridized carbons (Fsp3) is 0.186. The molecule has 390 valence electrons. The number of carbonyl (C=O) groups is 4. The van der Waals surface area contributed by atoms with Gasteiger partial charge in [0.15, 0.2) is 5.78 Å². The van der Waals surface area contributed by atoms with Gasteiger partial charge in [-0.25, -0.2) is 9.59 Å². The van der Waals surface area contributed by atoms with Crippen molar-refractivity contribution in [3.8, 4) is 80.8 Å². The number of fused-ring (bicyclic) bond motifs is 1. The molecule has 1 aliphatic heterocycles. The minimum atomic E-state index is -0.570. The van der Waals surface area contributed by atoms with Gasteiger partial charge >= 0.3 is 11.9 Å². The molecule has 0 spiro atoms. The van der Waals surface area contributed by atoms with Gasteiger partial charge in [0.2, 0.25) is 6.43 Å². The Morgan fingerprint density at radius 2 is 0.909 bits per heavy atom. The summed E-state index contributed by atoms with van der Waals surface area (Å²) in [5.41, 5.74) is 5.79. The van der Waals surface area contributed by atoms with Crippen LogP contribution in [0.3, 0.4) is 0 Å². The summed E-state index contributed by atoms with van der Waals surface area (Å²) in [6.45, 7) is 13.0. The molecule has 11 rings (SSSR count). The number of methoxy groups -OCH3 is 2. The van der Waals surface area contributed by atoms with E-state index in [1.54, 1.807) is 59.3 Å². The lowest BCUT2D eigenvalue weighted by Crippen LogP contribution is -2.38. The summed E-state index contributed by atoms with van der Waals surface area (Å²) in [5.74, 6) is -1.24. The van der Waals surface area contributed by atoms with E-state index in [9.17, 15) is 19.2 Å². The maximum atomic E-state index is 12.6. The molecule has 0 N–H and O–H groups in total. The standard InChI is InChI=1S/C28H21NO2S4.C28H22O4S4.C3H9BNP/c1-15-4-8-23(32-15)20-13-26(35-27(20)25-9-5-16(2)33-25)24-11-10-22(34-24)17-6-7-18-19(12-17)21(30)14-29(3)28(18)31;1-15-5-9-22(33-15)20-14-25(36-26(20)24-10-6-16(2)34-24)23-12-11-21(35-23)17-7-8-18(27(29)31-3)19(13-17)28(30)32-4;1-4(2)6-5-3/h4-13H,14H2,1-3H3;5-14H,1-4H3;1-3H3. The monoisotopic (exact) mass is 1180 g/mol. The fourth-order valence-electron chi connectivity index (χ4n) is 8.47. The van der Waals surface area contributed by atoms with Gasteiger partial charge in [0, 0.05) is 99.1 Å². The van der Waals surface area contributed by atoms with Crippen LogP contribution < -0.4 is 0 Å². The van der Waals surface area contributed by atoms with Gasteiger partial charge < -0.3 is 14.4 Å². The van der Waals surface area contributed by atoms with E-state index in [-0.39, 0.29) is 29.4 Å². The quantitative estimate of drug-likeness (QED) is 0.0726. The second-order valence-corrected chi connectivity index (χ2v) is 29.3. The topological polar surface area (TPSA) is 102 Å². The van der Waals surface area contributed by atoms with Crippen molar-refractivity contribution in [1.29, 1.82) is 0 Å². The van der Waals surface area contributed by atoms with Gasteiger partial charge in [0.1, 0.15) is 0 Å². The number of Topliss-reactive ketones (excluding diaryl/α,β-unsaturated/α-hetero) is 1. The minimum Gasteiger partial charge on any atom is -0.465 e. The molecular formula is C59H52BN2O6PS8. The highest BCUT2D eigenvalue weighted by atomic mass is 32.1. The van der Waals surface area contributed by atoms with Crippen molar-refractivity contribution >= 4 is 129 Å². The minimum absolute atomic E-state index is 0.00856. The highest BCUT2D eigenvalue weighted by Crippen LogP contribution is 2.51. The van der Waals surface area contributed by atoms with Crippen LogP contribution in [0.4, 0.5) is 0 Å².